The fraction of sp³-hybridized carbons (Fsp3) is 0.947. The van der Waals surface area contributed by atoms with E-state index in [1.54, 1.807) is 0 Å². The van der Waals surface area contributed by atoms with E-state index in [4.69, 9.17) is 0 Å². The average molecular weight is 328 g/mol. The molecule has 4 nitrogen and oxygen atoms in total. The molecule has 1 aliphatic rings. The third-order valence-corrected chi connectivity index (χ3v) is 5.15. The molecular formula is C19H39N2O2+. The third-order valence-electron chi connectivity index (χ3n) is 5.15. The number of nitrogens with zero attached hydrogens (tertiary/aromatic N) is 2. The van der Waals surface area contributed by atoms with Crippen LogP contribution in [0.4, 0.5) is 0 Å². The number of hydrogen-bond donors (Lipinski definition) is 1. The molecule has 0 radical (unpaired) electrons. The van der Waals surface area contributed by atoms with Crippen LogP contribution in [0.15, 0.2) is 0 Å². The van der Waals surface area contributed by atoms with E-state index in [-0.39, 0.29) is 11.5 Å². The molecule has 1 unspecified atom stereocenters. The Labute approximate surface area is 143 Å². The van der Waals surface area contributed by atoms with Crippen LogP contribution < -0.4 is 0 Å². The van der Waals surface area contributed by atoms with Crippen LogP contribution in [0.2, 0.25) is 0 Å². The maximum Gasteiger partial charge on any atom is 0.321 e. The van der Waals surface area contributed by atoms with Crippen LogP contribution in [0.25, 0.3) is 0 Å². The molecule has 1 saturated heterocycles. The average Bonchev–Trinajstić information content (AvgIpc) is 2.75. The number of carboxylic acids is 1. The van der Waals surface area contributed by atoms with E-state index in [0.29, 0.717) is 11.8 Å². The molecule has 1 N–H and O–H groups in total. The monoisotopic (exact) mass is 327 g/mol. The SMILES string of the molecule is CC(C)CCN1CCC(CC(C)(C)CC[N+](C)(C)C)[C@H]1C(=O)O. The quantitative estimate of drug-likeness (QED) is 0.661. The molecule has 1 heterocycles. The molecule has 4 heteroatoms. The van der Waals surface area contributed by atoms with Crippen molar-refractivity contribution in [1.29, 1.82) is 0 Å². The predicted octanol–water partition coefficient (Wildman–Crippen LogP) is 3.32. The van der Waals surface area contributed by atoms with Gasteiger partial charge < -0.3 is 9.59 Å². The highest BCUT2D eigenvalue weighted by Crippen LogP contribution is 2.37. The van der Waals surface area contributed by atoms with Crippen molar-refractivity contribution in [2.75, 3.05) is 40.8 Å². The highest BCUT2D eigenvalue weighted by Gasteiger charge is 2.41. The summed E-state index contributed by atoms with van der Waals surface area (Å²) in [6.07, 6.45) is 4.28. The maximum absolute atomic E-state index is 11.8. The van der Waals surface area contributed by atoms with E-state index in [1.807, 2.05) is 0 Å². The molecule has 0 aromatic heterocycles. The van der Waals surface area contributed by atoms with Crippen molar-refractivity contribution in [3.8, 4) is 0 Å². The largest absolute Gasteiger partial charge is 0.480 e. The predicted molar refractivity (Wildman–Crippen MR) is 96.5 cm³/mol. The molecule has 1 aliphatic heterocycles. The molecule has 0 aromatic carbocycles. The van der Waals surface area contributed by atoms with Crippen LogP contribution in [0.5, 0.6) is 0 Å². The van der Waals surface area contributed by atoms with Crippen LogP contribution >= 0.6 is 0 Å². The summed E-state index contributed by atoms with van der Waals surface area (Å²) in [7, 11) is 6.66. The van der Waals surface area contributed by atoms with Crippen LogP contribution in [0.3, 0.4) is 0 Å². The van der Waals surface area contributed by atoms with Gasteiger partial charge in [0.25, 0.3) is 0 Å². The van der Waals surface area contributed by atoms with Crippen LogP contribution in [-0.4, -0.2) is 67.3 Å². The number of aliphatic carboxylic acids is 1. The molecule has 0 amide bonds. The first-order valence-corrected chi connectivity index (χ1v) is 9.18. The summed E-state index contributed by atoms with van der Waals surface area (Å²) in [6.45, 7) is 12.0. The van der Waals surface area contributed by atoms with Crippen molar-refractivity contribution < 1.29 is 14.4 Å². The maximum atomic E-state index is 11.8. The fourth-order valence-electron chi connectivity index (χ4n) is 3.62. The minimum atomic E-state index is -0.626. The van der Waals surface area contributed by atoms with E-state index >= 15 is 0 Å². The molecule has 0 aliphatic carbocycles. The van der Waals surface area contributed by atoms with Gasteiger partial charge in [-0.3, -0.25) is 9.69 Å². The van der Waals surface area contributed by atoms with Crippen molar-refractivity contribution in [2.24, 2.45) is 17.3 Å². The van der Waals surface area contributed by atoms with Gasteiger partial charge >= 0.3 is 5.97 Å². The fourth-order valence-corrected chi connectivity index (χ4v) is 3.62. The molecule has 23 heavy (non-hydrogen) atoms. The van der Waals surface area contributed by atoms with Gasteiger partial charge in [-0.15, -0.1) is 0 Å². The molecule has 136 valence electrons. The molecule has 2 atom stereocenters. The number of carboxylic acid groups (broad SMARTS) is 1. The Morgan fingerprint density at radius 3 is 2.39 bits per heavy atom. The van der Waals surface area contributed by atoms with E-state index in [1.165, 1.54) is 0 Å². The summed E-state index contributed by atoms with van der Waals surface area (Å²) < 4.78 is 0.969. The second-order valence-corrected chi connectivity index (χ2v) is 9.68. The summed E-state index contributed by atoms with van der Waals surface area (Å²) >= 11 is 0. The van der Waals surface area contributed by atoms with Gasteiger partial charge in [-0.25, -0.2) is 0 Å². The Morgan fingerprint density at radius 1 is 1.30 bits per heavy atom. The Balaban J connectivity index is 2.65. The lowest BCUT2D eigenvalue weighted by Crippen LogP contribution is -2.42. The zero-order chi connectivity index (χ0) is 17.8. The lowest BCUT2D eigenvalue weighted by atomic mass is 9.77. The minimum absolute atomic E-state index is 0.206. The molecule has 0 spiro atoms. The second kappa shape index (κ2) is 7.98. The lowest BCUT2D eigenvalue weighted by Gasteiger charge is -2.34. The summed E-state index contributed by atoms with van der Waals surface area (Å²) in [4.78, 5) is 14.0. The molecular weight excluding hydrogens is 288 g/mol. The smallest absolute Gasteiger partial charge is 0.321 e. The summed E-state index contributed by atoms with van der Waals surface area (Å²) in [5.41, 5.74) is 0.206. The van der Waals surface area contributed by atoms with Crippen LogP contribution in [-0.2, 0) is 4.79 Å². The number of carbonyl (C=O) groups is 1. The minimum Gasteiger partial charge on any atom is -0.480 e. The normalized spacial score (nSPS) is 23.7. The lowest BCUT2D eigenvalue weighted by molar-refractivity contribution is -0.871. The summed E-state index contributed by atoms with van der Waals surface area (Å²) in [5, 5.41) is 9.73. The van der Waals surface area contributed by atoms with Crippen molar-refractivity contribution in [1.82, 2.24) is 4.90 Å². The summed E-state index contributed by atoms with van der Waals surface area (Å²) in [6, 6.07) is -0.280. The summed E-state index contributed by atoms with van der Waals surface area (Å²) in [5.74, 6) is 0.297. The number of likely N-dealkylation sites (tertiary alicyclic amines) is 1. The van der Waals surface area contributed by atoms with Gasteiger partial charge in [0.1, 0.15) is 6.04 Å². The highest BCUT2D eigenvalue weighted by atomic mass is 16.4. The zero-order valence-corrected chi connectivity index (χ0v) is 16.4. The van der Waals surface area contributed by atoms with Crippen LogP contribution in [0, 0.1) is 17.3 Å². The van der Waals surface area contributed by atoms with E-state index in [9.17, 15) is 9.90 Å². The van der Waals surface area contributed by atoms with Gasteiger partial charge in [-0.05, 0) is 49.6 Å². The van der Waals surface area contributed by atoms with Crippen molar-refractivity contribution >= 4 is 5.97 Å². The standard InChI is InChI=1S/C19H38N2O2/c1-15(2)8-11-20-12-9-16(17(20)18(22)23)14-19(3,4)10-13-21(5,6)7/h15-17H,8-14H2,1-7H3/p+1/t16?,17-/m0/s1. The Hall–Kier alpha value is -0.610. The second-order valence-electron chi connectivity index (χ2n) is 9.68. The highest BCUT2D eigenvalue weighted by molar-refractivity contribution is 5.74. The Morgan fingerprint density at radius 2 is 1.91 bits per heavy atom. The molecule has 0 aromatic rings. The van der Waals surface area contributed by atoms with Gasteiger partial charge in [0.05, 0.1) is 27.7 Å². The Kier molecular flexibility index (Phi) is 7.09. The third kappa shape index (κ3) is 7.21. The van der Waals surface area contributed by atoms with Crippen molar-refractivity contribution in [2.45, 2.75) is 59.4 Å². The number of hydrogen-bond acceptors (Lipinski definition) is 2. The Bertz CT molecular complexity index is 385. The first-order chi connectivity index (χ1) is 10.4. The van der Waals surface area contributed by atoms with E-state index < -0.39 is 5.97 Å². The van der Waals surface area contributed by atoms with Gasteiger partial charge in [0.15, 0.2) is 0 Å². The van der Waals surface area contributed by atoms with Crippen LogP contribution in [0.1, 0.15) is 53.4 Å². The van der Waals surface area contributed by atoms with Gasteiger partial charge in [-0.2, -0.15) is 0 Å². The molecule has 0 bridgehead atoms. The van der Waals surface area contributed by atoms with Crippen molar-refractivity contribution in [3.05, 3.63) is 0 Å². The van der Waals surface area contributed by atoms with E-state index in [0.717, 1.165) is 49.8 Å². The first kappa shape index (κ1) is 20.4. The zero-order valence-electron chi connectivity index (χ0n) is 16.4. The first-order valence-electron chi connectivity index (χ1n) is 9.18. The molecule has 0 saturated carbocycles. The van der Waals surface area contributed by atoms with Gasteiger partial charge in [0, 0.05) is 6.42 Å². The number of quaternary nitrogens is 1. The molecule has 1 rings (SSSR count). The topological polar surface area (TPSA) is 40.5 Å². The van der Waals surface area contributed by atoms with Gasteiger partial charge in [-0.1, -0.05) is 27.7 Å². The van der Waals surface area contributed by atoms with Crippen molar-refractivity contribution in [3.63, 3.8) is 0 Å². The number of rotatable bonds is 9. The molecule has 1 fully saturated rings. The van der Waals surface area contributed by atoms with Gasteiger partial charge in [0.2, 0.25) is 0 Å². The van der Waals surface area contributed by atoms with E-state index in [2.05, 4.69) is 53.7 Å².